The number of hydrogen-bond donors (Lipinski definition) is 0. The van der Waals surface area contributed by atoms with Gasteiger partial charge in [0.25, 0.3) is 5.91 Å². The van der Waals surface area contributed by atoms with Crippen molar-refractivity contribution in [2.24, 2.45) is 5.92 Å². The number of nitrogens with zero attached hydrogens (tertiary/aromatic N) is 3. The summed E-state index contributed by atoms with van der Waals surface area (Å²) in [5, 5.41) is 9.02. The molecule has 4 nitrogen and oxygen atoms in total. The van der Waals surface area contributed by atoms with Crippen LogP contribution in [-0.2, 0) is 0 Å². The van der Waals surface area contributed by atoms with Gasteiger partial charge in [-0.1, -0.05) is 15.9 Å². The predicted molar refractivity (Wildman–Crippen MR) is 73.9 cm³/mol. The van der Waals surface area contributed by atoms with Gasteiger partial charge in [0.2, 0.25) is 0 Å². The van der Waals surface area contributed by atoms with Crippen molar-refractivity contribution in [3.8, 4) is 0 Å². The van der Waals surface area contributed by atoms with Gasteiger partial charge in [-0.2, -0.15) is 10.2 Å². The number of amides is 1. The number of rotatable bonds is 2. The molecule has 0 saturated carbocycles. The standard InChI is InChI=1S/C13H18BrN3O/c1-9-7-12(10(2)16-15-9)13(18)17-5-3-11(8-14)4-6-17/h7,11H,3-6,8H2,1-2H3. The predicted octanol–water partition coefficient (Wildman–Crippen LogP) is 2.34. The van der Waals surface area contributed by atoms with Crippen molar-refractivity contribution in [3.63, 3.8) is 0 Å². The lowest BCUT2D eigenvalue weighted by molar-refractivity contribution is 0.0697. The van der Waals surface area contributed by atoms with Gasteiger partial charge in [0.15, 0.2) is 0 Å². The molecule has 2 heterocycles. The maximum atomic E-state index is 12.4. The minimum absolute atomic E-state index is 0.0959. The lowest BCUT2D eigenvalue weighted by atomic mass is 9.98. The van der Waals surface area contributed by atoms with Crippen LogP contribution < -0.4 is 0 Å². The topological polar surface area (TPSA) is 46.1 Å². The first-order valence-corrected chi connectivity index (χ1v) is 7.40. The van der Waals surface area contributed by atoms with Gasteiger partial charge in [-0.15, -0.1) is 0 Å². The molecule has 1 aliphatic rings. The number of piperidine rings is 1. The van der Waals surface area contributed by atoms with Crippen LogP contribution in [0.5, 0.6) is 0 Å². The number of aryl methyl sites for hydroxylation is 2. The molecule has 1 aromatic heterocycles. The molecule has 2 rings (SSSR count). The molecule has 5 heteroatoms. The molecule has 0 aliphatic carbocycles. The van der Waals surface area contributed by atoms with Crippen LogP contribution in [0, 0.1) is 19.8 Å². The first-order chi connectivity index (χ1) is 8.61. The van der Waals surface area contributed by atoms with E-state index in [1.54, 1.807) is 0 Å². The molecular formula is C13H18BrN3O. The number of carbonyl (C=O) groups excluding carboxylic acids is 1. The fourth-order valence-electron chi connectivity index (χ4n) is 2.23. The summed E-state index contributed by atoms with van der Waals surface area (Å²) in [4.78, 5) is 14.3. The van der Waals surface area contributed by atoms with Crippen LogP contribution in [0.15, 0.2) is 6.07 Å². The molecule has 1 aliphatic heterocycles. The summed E-state index contributed by atoms with van der Waals surface area (Å²) in [6.45, 7) is 5.39. The molecule has 0 N–H and O–H groups in total. The molecule has 1 fully saturated rings. The van der Waals surface area contributed by atoms with E-state index in [0.717, 1.165) is 37.0 Å². The van der Waals surface area contributed by atoms with Gasteiger partial charge < -0.3 is 4.90 Å². The highest BCUT2D eigenvalue weighted by atomic mass is 79.9. The summed E-state index contributed by atoms with van der Waals surface area (Å²) in [5.74, 6) is 0.797. The Bertz CT molecular complexity index is 442. The Morgan fingerprint density at radius 1 is 1.39 bits per heavy atom. The molecule has 0 radical (unpaired) electrons. The molecule has 0 atom stereocenters. The fourth-order valence-corrected chi connectivity index (χ4v) is 2.87. The maximum absolute atomic E-state index is 12.4. The molecule has 98 valence electrons. The van der Waals surface area contributed by atoms with E-state index < -0.39 is 0 Å². The van der Waals surface area contributed by atoms with E-state index in [0.29, 0.717) is 17.2 Å². The van der Waals surface area contributed by atoms with Gasteiger partial charge >= 0.3 is 0 Å². The van der Waals surface area contributed by atoms with Crippen LogP contribution in [0.1, 0.15) is 34.6 Å². The molecule has 1 amide bonds. The lowest BCUT2D eigenvalue weighted by Crippen LogP contribution is -2.39. The van der Waals surface area contributed by atoms with E-state index in [2.05, 4.69) is 26.1 Å². The summed E-state index contributed by atoms with van der Waals surface area (Å²) < 4.78 is 0. The molecule has 0 aromatic carbocycles. The minimum Gasteiger partial charge on any atom is -0.339 e. The van der Waals surface area contributed by atoms with E-state index in [1.165, 1.54) is 0 Å². The van der Waals surface area contributed by atoms with E-state index >= 15 is 0 Å². The number of alkyl halides is 1. The van der Waals surface area contributed by atoms with Crippen molar-refractivity contribution < 1.29 is 4.79 Å². The molecule has 0 bridgehead atoms. The number of halogens is 1. The SMILES string of the molecule is Cc1cc(C(=O)N2CCC(CBr)CC2)c(C)nn1. The smallest absolute Gasteiger partial charge is 0.255 e. The van der Waals surface area contributed by atoms with E-state index in [1.807, 2.05) is 24.8 Å². The molecule has 18 heavy (non-hydrogen) atoms. The Balaban J connectivity index is 2.10. The third kappa shape index (κ3) is 2.88. The highest BCUT2D eigenvalue weighted by molar-refractivity contribution is 9.09. The van der Waals surface area contributed by atoms with Crippen molar-refractivity contribution in [2.75, 3.05) is 18.4 Å². The van der Waals surface area contributed by atoms with Gasteiger partial charge in [-0.05, 0) is 38.7 Å². The fraction of sp³-hybridized carbons (Fsp3) is 0.615. The molecular weight excluding hydrogens is 294 g/mol. The first-order valence-electron chi connectivity index (χ1n) is 6.28. The maximum Gasteiger partial charge on any atom is 0.255 e. The second-order valence-electron chi connectivity index (χ2n) is 4.87. The van der Waals surface area contributed by atoms with Crippen LogP contribution in [0.2, 0.25) is 0 Å². The Morgan fingerprint density at radius 2 is 2.06 bits per heavy atom. The third-order valence-corrected chi connectivity index (χ3v) is 4.37. The zero-order valence-electron chi connectivity index (χ0n) is 10.8. The van der Waals surface area contributed by atoms with Gasteiger partial charge in [0, 0.05) is 18.4 Å². The van der Waals surface area contributed by atoms with E-state index in [4.69, 9.17) is 0 Å². The molecule has 1 aromatic rings. The highest BCUT2D eigenvalue weighted by Crippen LogP contribution is 2.21. The van der Waals surface area contributed by atoms with Gasteiger partial charge in [0.05, 0.1) is 17.0 Å². The zero-order chi connectivity index (χ0) is 13.1. The van der Waals surface area contributed by atoms with Crippen molar-refractivity contribution in [3.05, 3.63) is 23.0 Å². The van der Waals surface area contributed by atoms with Crippen LogP contribution in [0.4, 0.5) is 0 Å². The lowest BCUT2D eigenvalue weighted by Gasteiger charge is -2.31. The monoisotopic (exact) mass is 311 g/mol. The van der Waals surface area contributed by atoms with Gasteiger partial charge in [-0.3, -0.25) is 4.79 Å². The normalized spacial score (nSPS) is 16.9. The molecule has 0 spiro atoms. The van der Waals surface area contributed by atoms with Gasteiger partial charge in [0.1, 0.15) is 0 Å². The van der Waals surface area contributed by atoms with Crippen LogP contribution >= 0.6 is 15.9 Å². The summed E-state index contributed by atoms with van der Waals surface area (Å²) in [6.07, 6.45) is 2.15. The Labute approximate surface area is 116 Å². The molecule has 0 unspecified atom stereocenters. The zero-order valence-corrected chi connectivity index (χ0v) is 12.4. The Kier molecular flexibility index (Phi) is 4.32. The van der Waals surface area contributed by atoms with Crippen molar-refractivity contribution in [1.29, 1.82) is 0 Å². The quantitative estimate of drug-likeness (QED) is 0.788. The number of carbonyl (C=O) groups is 1. The number of likely N-dealkylation sites (tertiary alicyclic amines) is 1. The van der Waals surface area contributed by atoms with Crippen LogP contribution in [-0.4, -0.2) is 39.4 Å². The van der Waals surface area contributed by atoms with E-state index in [9.17, 15) is 4.79 Å². The first kappa shape index (κ1) is 13.5. The average molecular weight is 312 g/mol. The number of hydrogen-bond acceptors (Lipinski definition) is 3. The Hall–Kier alpha value is -0.970. The van der Waals surface area contributed by atoms with Crippen molar-refractivity contribution in [1.82, 2.24) is 15.1 Å². The third-order valence-electron chi connectivity index (χ3n) is 3.45. The van der Waals surface area contributed by atoms with Crippen LogP contribution in [0.25, 0.3) is 0 Å². The van der Waals surface area contributed by atoms with Gasteiger partial charge in [-0.25, -0.2) is 0 Å². The minimum atomic E-state index is 0.0959. The van der Waals surface area contributed by atoms with E-state index in [-0.39, 0.29) is 5.91 Å². The number of aromatic nitrogens is 2. The largest absolute Gasteiger partial charge is 0.339 e. The average Bonchev–Trinajstić information content (AvgIpc) is 2.41. The van der Waals surface area contributed by atoms with Crippen LogP contribution in [0.3, 0.4) is 0 Å². The summed E-state index contributed by atoms with van der Waals surface area (Å²) in [6, 6.07) is 1.83. The Morgan fingerprint density at radius 3 is 2.67 bits per heavy atom. The summed E-state index contributed by atoms with van der Waals surface area (Å²) in [7, 11) is 0. The summed E-state index contributed by atoms with van der Waals surface area (Å²) in [5.41, 5.74) is 2.20. The summed E-state index contributed by atoms with van der Waals surface area (Å²) >= 11 is 3.51. The van der Waals surface area contributed by atoms with Crippen molar-refractivity contribution in [2.45, 2.75) is 26.7 Å². The second kappa shape index (κ2) is 5.78. The molecule has 1 saturated heterocycles. The highest BCUT2D eigenvalue weighted by Gasteiger charge is 2.24. The van der Waals surface area contributed by atoms with Crippen molar-refractivity contribution >= 4 is 21.8 Å². The second-order valence-corrected chi connectivity index (χ2v) is 5.52.